The number of thiophene rings is 1. The van der Waals surface area contributed by atoms with Gasteiger partial charge in [0.15, 0.2) is 0 Å². The van der Waals surface area contributed by atoms with Crippen molar-refractivity contribution in [3.63, 3.8) is 0 Å². The predicted octanol–water partition coefficient (Wildman–Crippen LogP) is 4.45. The van der Waals surface area contributed by atoms with Gasteiger partial charge in [-0.2, -0.15) is 0 Å². The van der Waals surface area contributed by atoms with Gasteiger partial charge in [0, 0.05) is 48.3 Å². The Bertz CT molecular complexity index is 1010. The molecule has 33 heavy (non-hydrogen) atoms. The fourth-order valence-corrected chi connectivity index (χ4v) is 5.33. The summed E-state index contributed by atoms with van der Waals surface area (Å²) in [7, 11) is 3.31. The Morgan fingerprint density at radius 3 is 2.06 bits per heavy atom. The number of hydrogen-bond donors (Lipinski definition) is 1. The normalized spacial score (nSPS) is 16.2. The highest BCUT2D eigenvalue weighted by Gasteiger charge is 2.31. The molecule has 1 fully saturated rings. The molecule has 0 bridgehead atoms. The minimum absolute atomic E-state index is 0.0363. The molecule has 1 aliphatic heterocycles. The van der Waals surface area contributed by atoms with Gasteiger partial charge in [0.25, 0.3) is 5.91 Å². The van der Waals surface area contributed by atoms with Gasteiger partial charge >= 0.3 is 0 Å². The van der Waals surface area contributed by atoms with Crippen LogP contribution in [-0.2, 0) is 0 Å². The average Bonchev–Trinajstić information content (AvgIpc) is 3.39. The Morgan fingerprint density at radius 2 is 1.52 bits per heavy atom. The number of amides is 1. The van der Waals surface area contributed by atoms with Gasteiger partial charge < -0.3 is 19.7 Å². The summed E-state index contributed by atoms with van der Waals surface area (Å²) in [5, 5.41) is 5.34. The van der Waals surface area contributed by atoms with Gasteiger partial charge in [0.1, 0.15) is 11.5 Å². The van der Waals surface area contributed by atoms with Crippen LogP contribution in [0.4, 0.5) is 5.69 Å². The van der Waals surface area contributed by atoms with Crippen molar-refractivity contribution in [1.29, 1.82) is 0 Å². The van der Waals surface area contributed by atoms with Crippen LogP contribution in [0.3, 0.4) is 0 Å². The fraction of sp³-hybridized carbons (Fsp3) is 0.346. The SMILES string of the molecule is COc1ccc(C(=O)N[C@@H](C)[C@H](c2cccs2)N2CCN(c3ccc(OC)cc3)CC2)cc1. The van der Waals surface area contributed by atoms with E-state index in [0.29, 0.717) is 5.56 Å². The summed E-state index contributed by atoms with van der Waals surface area (Å²) in [5.41, 5.74) is 1.85. The number of nitrogens with zero attached hydrogens (tertiary/aromatic N) is 2. The highest BCUT2D eigenvalue weighted by atomic mass is 32.1. The highest BCUT2D eigenvalue weighted by Crippen LogP contribution is 2.30. The lowest BCUT2D eigenvalue weighted by Gasteiger charge is -2.42. The maximum Gasteiger partial charge on any atom is 0.251 e. The van der Waals surface area contributed by atoms with E-state index in [0.717, 1.165) is 37.7 Å². The minimum Gasteiger partial charge on any atom is -0.497 e. The molecule has 3 aromatic rings. The van der Waals surface area contributed by atoms with E-state index in [1.54, 1.807) is 37.7 Å². The van der Waals surface area contributed by atoms with Gasteiger partial charge in [-0.3, -0.25) is 9.69 Å². The average molecular weight is 466 g/mol. The molecule has 1 aliphatic rings. The van der Waals surface area contributed by atoms with Crippen molar-refractivity contribution in [2.24, 2.45) is 0 Å². The standard InChI is InChI=1S/C26H31N3O3S/c1-19(27-26(30)20-6-10-22(31-2)11-7-20)25(24-5-4-18-33-24)29-16-14-28(15-17-29)21-8-12-23(32-3)13-9-21/h4-13,18-19,25H,14-17H2,1-3H3,(H,27,30)/t19-,25+/m0/s1. The van der Waals surface area contributed by atoms with Crippen molar-refractivity contribution >= 4 is 22.9 Å². The van der Waals surface area contributed by atoms with Crippen LogP contribution in [-0.4, -0.2) is 57.2 Å². The number of nitrogens with one attached hydrogen (secondary N) is 1. The molecular formula is C26H31N3O3S. The first kappa shape index (κ1) is 23.1. The maximum atomic E-state index is 12.9. The molecule has 2 atom stereocenters. The summed E-state index contributed by atoms with van der Waals surface area (Å²) >= 11 is 1.75. The third kappa shape index (κ3) is 5.49. The van der Waals surface area contributed by atoms with E-state index in [-0.39, 0.29) is 18.0 Å². The smallest absolute Gasteiger partial charge is 0.251 e. The summed E-state index contributed by atoms with van der Waals surface area (Å²) < 4.78 is 10.5. The fourth-order valence-electron chi connectivity index (χ4n) is 4.36. The summed E-state index contributed by atoms with van der Waals surface area (Å²) in [4.78, 5) is 19.1. The van der Waals surface area contributed by atoms with Gasteiger partial charge in [0.05, 0.1) is 20.3 Å². The number of anilines is 1. The molecule has 0 saturated carbocycles. The molecule has 1 N–H and O–H groups in total. The van der Waals surface area contributed by atoms with E-state index in [4.69, 9.17) is 9.47 Å². The second-order valence-electron chi connectivity index (χ2n) is 8.17. The molecule has 1 saturated heterocycles. The number of hydrogen-bond acceptors (Lipinski definition) is 6. The number of methoxy groups -OCH3 is 2. The molecule has 0 radical (unpaired) electrons. The molecule has 174 valence electrons. The van der Waals surface area contributed by atoms with E-state index in [1.165, 1.54) is 10.6 Å². The van der Waals surface area contributed by atoms with Crippen molar-refractivity contribution in [2.75, 3.05) is 45.3 Å². The number of carbonyl (C=O) groups excluding carboxylic acids is 1. The van der Waals surface area contributed by atoms with E-state index >= 15 is 0 Å². The Kier molecular flexibility index (Phi) is 7.52. The number of benzene rings is 2. The Morgan fingerprint density at radius 1 is 0.909 bits per heavy atom. The molecule has 0 unspecified atom stereocenters. The van der Waals surface area contributed by atoms with Crippen molar-refractivity contribution in [2.45, 2.75) is 19.0 Å². The van der Waals surface area contributed by atoms with Crippen LogP contribution in [0, 0.1) is 0 Å². The van der Waals surface area contributed by atoms with Gasteiger partial charge in [0.2, 0.25) is 0 Å². The second-order valence-corrected chi connectivity index (χ2v) is 9.15. The molecule has 6 nitrogen and oxygen atoms in total. The first-order valence-electron chi connectivity index (χ1n) is 11.2. The second kappa shape index (κ2) is 10.7. The summed E-state index contributed by atoms with van der Waals surface area (Å²) in [6, 6.07) is 19.8. The zero-order valence-corrected chi connectivity index (χ0v) is 20.2. The van der Waals surface area contributed by atoms with E-state index in [2.05, 4.69) is 51.7 Å². The van der Waals surface area contributed by atoms with E-state index < -0.39 is 0 Å². The van der Waals surface area contributed by atoms with Crippen molar-refractivity contribution < 1.29 is 14.3 Å². The van der Waals surface area contributed by atoms with Crippen LogP contribution in [0.1, 0.15) is 28.2 Å². The molecule has 4 rings (SSSR count). The topological polar surface area (TPSA) is 54.0 Å². The first-order valence-corrected chi connectivity index (χ1v) is 12.1. The van der Waals surface area contributed by atoms with Crippen molar-refractivity contribution in [1.82, 2.24) is 10.2 Å². The molecule has 0 aliphatic carbocycles. The highest BCUT2D eigenvalue weighted by molar-refractivity contribution is 7.10. The Hall–Kier alpha value is -3.03. The number of rotatable bonds is 8. The Labute approximate surface area is 199 Å². The van der Waals surface area contributed by atoms with Gasteiger partial charge in [-0.15, -0.1) is 11.3 Å². The van der Waals surface area contributed by atoms with Crippen LogP contribution in [0.15, 0.2) is 66.0 Å². The molecular weight excluding hydrogens is 434 g/mol. The van der Waals surface area contributed by atoms with Crippen LogP contribution in [0.2, 0.25) is 0 Å². The third-order valence-corrected chi connectivity index (χ3v) is 7.11. The van der Waals surface area contributed by atoms with Gasteiger partial charge in [-0.05, 0) is 66.9 Å². The number of carbonyl (C=O) groups is 1. The molecule has 0 spiro atoms. The molecule has 7 heteroatoms. The van der Waals surface area contributed by atoms with Crippen LogP contribution < -0.4 is 19.7 Å². The van der Waals surface area contributed by atoms with E-state index in [1.807, 2.05) is 24.3 Å². The summed E-state index contributed by atoms with van der Waals surface area (Å²) in [5.74, 6) is 1.55. The lowest BCUT2D eigenvalue weighted by atomic mass is 10.0. The number of piperazine rings is 1. The van der Waals surface area contributed by atoms with Crippen molar-refractivity contribution in [3.05, 3.63) is 76.5 Å². The minimum atomic E-state index is -0.0661. The third-order valence-electron chi connectivity index (χ3n) is 6.16. The molecule has 1 amide bonds. The zero-order chi connectivity index (χ0) is 23.2. The number of ether oxygens (including phenoxy) is 2. The molecule has 1 aromatic heterocycles. The van der Waals surface area contributed by atoms with Crippen LogP contribution >= 0.6 is 11.3 Å². The first-order chi connectivity index (χ1) is 16.1. The van der Waals surface area contributed by atoms with Crippen LogP contribution in [0.5, 0.6) is 11.5 Å². The Balaban J connectivity index is 1.43. The zero-order valence-electron chi connectivity index (χ0n) is 19.4. The summed E-state index contributed by atoms with van der Waals surface area (Å²) in [6.07, 6.45) is 0. The molecule has 2 aromatic carbocycles. The van der Waals surface area contributed by atoms with E-state index in [9.17, 15) is 4.79 Å². The van der Waals surface area contributed by atoms with Gasteiger partial charge in [-0.1, -0.05) is 6.07 Å². The van der Waals surface area contributed by atoms with Gasteiger partial charge in [-0.25, -0.2) is 0 Å². The predicted molar refractivity (Wildman–Crippen MR) is 134 cm³/mol. The quantitative estimate of drug-likeness (QED) is 0.533. The van der Waals surface area contributed by atoms with Crippen LogP contribution in [0.25, 0.3) is 0 Å². The molecule has 2 heterocycles. The van der Waals surface area contributed by atoms with Crippen molar-refractivity contribution in [3.8, 4) is 11.5 Å². The summed E-state index contributed by atoms with van der Waals surface area (Å²) in [6.45, 7) is 5.83. The lowest BCUT2D eigenvalue weighted by Crippen LogP contribution is -2.52. The largest absolute Gasteiger partial charge is 0.497 e. The monoisotopic (exact) mass is 465 g/mol. The lowest BCUT2D eigenvalue weighted by molar-refractivity contribution is 0.0890. The maximum absolute atomic E-state index is 12.9.